The maximum atomic E-state index is 14.0. The highest BCUT2D eigenvalue weighted by molar-refractivity contribution is 7.40. The Labute approximate surface area is 309 Å². The first-order valence-electron chi connectivity index (χ1n) is 18.5. The van der Waals surface area contributed by atoms with Crippen LogP contribution in [0.25, 0.3) is 5.52 Å². The van der Waals surface area contributed by atoms with Gasteiger partial charge < -0.3 is 33.9 Å². The van der Waals surface area contributed by atoms with Gasteiger partial charge in [0.05, 0.1) is 38.1 Å². The molecule has 3 rings (SSSR count). The van der Waals surface area contributed by atoms with Crippen LogP contribution in [0.3, 0.4) is 0 Å². The highest BCUT2D eigenvalue weighted by Gasteiger charge is 2.32. The van der Waals surface area contributed by atoms with E-state index in [1.165, 1.54) is 90.1 Å². The second-order valence-corrected chi connectivity index (χ2v) is 14.1. The lowest BCUT2D eigenvalue weighted by atomic mass is 9.99. The molecule has 286 valence electrons. The number of fused-ring (bicyclic) bond motifs is 1. The number of benzene rings is 1. The van der Waals surface area contributed by atoms with Crippen molar-refractivity contribution < 1.29 is 32.5 Å². The van der Waals surface area contributed by atoms with E-state index in [2.05, 4.69) is 23.1 Å². The van der Waals surface area contributed by atoms with Gasteiger partial charge in [0.1, 0.15) is 29.8 Å². The van der Waals surface area contributed by atoms with Gasteiger partial charge in [-0.25, -0.2) is 13.9 Å². The lowest BCUT2D eigenvalue weighted by Crippen LogP contribution is -2.35. The number of hydrogen-bond donors (Lipinski definition) is 2. The van der Waals surface area contributed by atoms with E-state index in [-0.39, 0.29) is 38.4 Å². The number of anilines is 1. The van der Waals surface area contributed by atoms with Crippen LogP contribution in [-0.2, 0) is 36.3 Å². The first-order chi connectivity index (χ1) is 25.3. The summed E-state index contributed by atoms with van der Waals surface area (Å²) < 4.78 is 44.3. The third-order valence-corrected chi connectivity index (χ3v) is 9.71. The van der Waals surface area contributed by atoms with E-state index in [4.69, 9.17) is 29.0 Å². The van der Waals surface area contributed by atoms with Crippen LogP contribution in [0.15, 0.2) is 36.7 Å². The largest absolute Gasteiger partial charge is 0.382 e. The number of nitrogens with zero attached hydrogens (tertiary/aromatic N) is 5. The van der Waals surface area contributed by atoms with Crippen LogP contribution in [-0.4, -0.2) is 64.7 Å². The van der Waals surface area contributed by atoms with Gasteiger partial charge in [-0.1, -0.05) is 84.0 Å². The van der Waals surface area contributed by atoms with Crippen LogP contribution in [0, 0.1) is 28.5 Å². The van der Waals surface area contributed by atoms with Crippen LogP contribution in [0.5, 0.6) is 0 Å². The Bertz CT molecular complexity index is 1530. The van der Waals surface area contributed by atoms with Gasteiger partial charge in [-0.3, -0.25) is 0 Å². The van der Waals surface area contributed by atoms with E-state index in [0.29, 0.717) is 29.9 Å². The van der Waals surface area contributed by atoms with E-state index in [0.717, 1.165) is 24.6 Å². The van der Waals surface area contributed by atoms with Crippen molar-refractivity contribution in [2.45, 2.75) is 122 Å². The van der Waals surface area contributed by atoms with Gasteiger partial charge >= 0.3 is 8.60 Å². The molecule has 14 heteroatoms. The molecule has 12 nitrogen and oxygen atoms in total. The summed E-state index contributed by atoms with van der Waals surface area (Å²) in [6.45, 7) is 2.67. The molecule has 2 heterocycles. The zero-order valence-electron chi connectivity index (χ0n) is 30.8. The lowest BCUT2D eigenvalue weighted by molar-refractivity contribution is -0.0510. The summed E-state index contributed by atoms with van der Waals surface area (Å²) in [5, 5.41) is 23.4. The minimum absolute atomic E-state index is 0.0129. The van der Waals surface area contributed by atoms with Crippen molar-refractivity contribution in [2.24, 2.45) is 0 Å². The third-order valence-electron chi connectivity index (χ3n) is 8.99. The minimum Gasteiger partial charge on any atom is -0.382 e. The maximum absolute atomic E-state index is 14.0. The third kappa shape index (κ3) is 15.8. The number of ether oxygens (including phenoxy) is 3. The average Bonchev–Trinajstić information content (AvgIpc) is 3.58. The van der Waals surface area contributed by atoms with E-state index in [1.54, 1.807) is 16.6 Å². The SMILES string of the molecule is CCCCCCCCCCCCCCCOCC(COP(O)OCC(C#N)(CCc1ccc2c(N)ncnn12)OC)OCc1cc(F)cc(C#N)c1. The van der Waals surface area contributed by atoms with Gasteiger partial charge in [0.25, 0.3) is 0 Å². The van der Waals surface area contributed by atoms with E-state index in [1.807, 2.05) is 12.1 Å². The summed E-state index contributed by atoms with van der Waals surface area (Å²) in [4.78, 5) is 14.6. The Hall–Kier alpha value is -3.26. The molecule has 0 bridgehead atoms. The van der Waals surface area contributed by atoms with Crippen molar-refractivity contribution in [2.75, 3.05) is 39.3 Å². The van der Waals surface area contributed by atoms with Gasteiger partial charge in [0.2, 0.25) is 0 Å². The molecule has 3 aromatic rings. The second kappa shape index (κ2) is 24.9. The van der Waals surface area contributed by atoms with Crippen molar-refractivity contribution >= 4 is 19.9 Å². The zero-order chi connectivity index (χ0) is 37.4. The molecule has 0 saturated heterocycles. The lowest BCUT2D eigenvalue weighted by Gasteiger charge is -2.26. The van der Waals surface area contributed by atoms with Crippen molar-refractivity contribution in [1.82, 2.24) is 14.6 Å². The zero-order valence-corrected chi connectivity index (χ0v) is 31.7. The van der Waals surface area contributed by atoms with Crippen LogP contribution >= 0.6 is 8.60 Å². The van der Waals surface area contributed by atoms with Crippen LogP contribution in [0.2, 0.25) is 0 Å². The first kappa shape index (κ1) is 43.1. The Kier molecular flexibility index (Phi) is 20.6. The standard InChI is InChI=1S/C38H56FN6O6P/c1-3-4-5-6-7-8-9-10-11-12-13-14-15-20-48-26-35(49-25-32-21-31(24-40)22-33(39)23-32)27-50-52(46)51-29-38(28-41,47-2)19-18-34-16-17-36-37(42)43-30-44-45(34)36/h16-17,21-23,30,35,46H,3-15,18-20,25-27,29H2,1-2H3,(H2,42,43,44). The van der Waals surface area contributed by atoms with Gasteiger partial charge in [-0.15, -0.1) is 0 Å². The molecule has 1 aromatic carbocycles. The number of nitriles is 2. The summed E-state index contributed by atoms with van der Waals surface area (Å²) in [6.07, 6.45) is 17.8. The summed E-state index contributed by atoms with van der Waals surface area (Å²) in [5.74, 6) is -0.181. The monoisotopic (exact) mass is 742 g/mol. The fourth-order valence-electron chi connectivity index (χ4n) is 5.83. The molecular weight excluding hydrogens is 686 g/mol. The van der Waals surface area contributed by atoms with E-state index < -0.39 is 26.1 Å². The van der Waals surface area contributed by atoms with Gasteiger partial charge in [-0.2, -0.15) is 15.6 Å². The van der Waals surface area contributed by atoms with E-state index in [9.17, 15) is 19.8 Å². The Morgan fingerprint density at radius 1 is 0.962 bits per heavy atom. The first-order valence-corrected chi connectivity index (χ1v) is 19.6. The predicted molar refractivity (Wildman–Crippen MR) is 198 cm³/mol. The molecule has 0 fully saturated rings. The van der Waals surface area contributed by atoms with Crippen LogP contribution < -0.4 is 5.73 Å². The molecule has 0 aliphatic carbocycles. The molecule has 3 N–H and O–H groups in total. The Balaban J connectivity index is 1.42. The molecule has 3 unspecified atom stereocenters. The molecule has 0 saturated carbocycles. The van der Waals surface area contributed by atoms with Crippen molar-refractivity contribution in [3.63, 3.8) is 0 Å². The van der Waals surface area contributed by atoms with Gasteiger partial charge in [0, 0.05) is 19.4 Å². The van der Waals surface area contributed by atoms with Crippen molar-refractivity contribution in [3.8, 4) is 12.1 Å². The molecular formula is C38H56FN6O6P. The predicted octanol–water partition coefficient (Wildman–Crippen LogP) is 8.11. The summed E-state index contributed by atoms with van der Waals surface area (Å²) in [5.41, 5.74) is 6.72. The normalized spacial score (nSPS) is 13.8. The molecule has 0 aliphatic rings. The molecule has 0 radical (unpaired) electrons. The fourth-order valence-corrected chi connectivity index (χ4v) is 6.52. The molecule has 0 aliphatic heterocycles. The molecule has 3 atom stereocenters. The minimum atomic E-state index is -2.41. The molecule has 0 spiro atoms. The Morgan fingerprint density at radius 3 is 2.31 bits per heavy atom. The Morgan fingerprint density at radius 2 is 1.65 bits per heavy atom. The molecule has 0 amide bonds. The summed E-state index contributed by atoms with van der Waals surface area (Å²) >= 11 is 0. The number of unbranched alkanes of at least 4 members (excludes halogenated alkanes) is 12. The van der Waals surface area contributed by atoms with Crippen molar-refractivity contribution in [1.29, 1.82) is 10.5 Å². The smallest absolute Gasteiger partial charge is 0.330 e. The fraction of sp³-hybridized carbons (Fsp3) is 0.632. The number of halogens is 1. The quantitative estimate of drug-likeness (QED) is 0.0520. The van der Waals surface area contributed by atoms with Crippen LogP contribution in [0.1, 0.15) is 114 Å². The summed E-state index contributed by atoms with van der Waals surface area (Å²) in [6, 6.07) is 11.8. The number of aryl methyl sites for hydroxylation is 1. The number of rotatable bonds is 29. The second-order valence-electron chi connectivity index (χ2n) is 13.1. The number of methoxy groups -OCH3 is 1. The number of aromatic nitrogens is 3. The van der Waals surface area contributed by atoms with Crippen molar-refractivity contribution in [3.05, 3.63) is 59.3 Å². The number of hydrogen-bond acceptors (Lipinski definition) is 11. The van der Waals surface area contributed by atoms with Crippen LogP contribution in [0.4, 0.5) is 10.2 Å². The number of nitrogens with two attached hydrogens (primary N) is 1. The molecule has 52 heavy (non-hydrogen) atoms. The highest BCUT2D eigenvalue weighted by Crippen LogP contribution is 2.36. The topological polar surface area (TPSA) is 170 Å². The highest BCUT2D eigenvalue weighted by atomic mass is 31.2. The maximum Gasteiger partial charge on any atom is 0.330 e. The molecule has 2 aromatic heterocycles. The summed E-state index contributed by atoms with van der Waals surface area (Å²) in [7, 11) is -0.997. The van der Waals surface area contributed by atoms with E-state index >= 15 is 0 Å². The van der Waals surface area contributed by atoms with Gasteiger partial charge in [0.15, 0.2) is 11.4 Å². The number of nitrogen functional groups attached to an aromatic ring is 1. The average molecular weight is 743 g/mol. The van der Waals surface area contributed by atoms with Gasteiger partial charge in [-0.05, 0) is 55.2 Å².